The highest BCUT2D eigenvalue weighted by molar-refractivity contribution is 7.92. The van der Waals surface area contributed by atoms with Crippen molar-refractivity contribution < 1.29 is 8.42 Å². The lowest BCUT2D eigenvalue weighted by Gasteiger charge is -2.06. The number of anilines is 1. The molecule has 0 saturated heterocycles. The van der Waals surface area contributed by atoms with E-state index in [2.05, 4.69) is 19.7 Å². The Balaban J connectivity index is 2.35. The van der Waals surface area contributed by atoms with Gasteiger partial charge in [-0.15, -0.1) is 0 Å². The van der Waals surface area contributed by atoms with E-state index in [1.807, 2.05) is 0 Å². The summed E-state index contributed by atoms with van der Waals surface area (Å²) in [5, 5.41) is 0.149. The highest BCUT2D eigenvalue weighted by atomic mass is 35.5. The lowest BCUT2D eigenvalue weighted by atomic mass is 10.5. The van der Waals surface area contributed by atoms with Gasteiger partial charge in [0.2, 0.25) is 5.95 Å². The number of nitrogens with zero attached hydrogens (tertiary/aromatic N) is 3. The first kappa shape index (κ1) is 14.3. The predicted octanol–water partition coefficient (Wildman–Crippen LogP) is 2.63. The standard InChI is InChI=1S/C9H5Cl3N4O2S/c10-6-3-5(4-14-8(6)12)19(17,18)16-9-13-2-1-7(11)15-9/h1-4H,(H,13,15,16). The summed E-state index contributed by atoms with van der Waals surface area (Å²) < 4.78 is 26.1. The minimum absolute atomic E-state index is 0.0135. The maximum absolute atomic E-state index is 12.0. The number of hydrogen-bond acceptors (Lipinski definition) is 5. The fourth-order valence-electron chi connectivity index (χ4n) is 1.12. The third-order valence-electron chi connectivity index (χ3n) is 1.93. The van der Waals surface area contributed by atoms with Gasteiger partial charge in [0.25, 0.3) is 10.0 Å². The van der Waals surface area contributed by atoms with Crippen LogP contribution in [-0.2, 0) is 10.0 Å². The molecule has 2 rings (SSSR count). The second-order valence-corrected chi connectivity index (χ2v) is 6.09. The molecular weight excluding hydrogens is 335 g/mol. The molecule has 0 atom stereocenters. The summed E-state index contributed by atoms with van der Waals surface area (Å²) >= 11 is 16.9. The first-order valence-electron chi connectivity index (χ1n) is 4.71. The van der Waals surface area contributed by atoms with E-state index in [0.29, 0.717) is 0 Å². The first-order valence-corrected chi connectivity index (χ1v) is 7.32. The minimum atomic E-state index is -3.91. The van der Waals surface area contributed by atoms with Gasteiger partial charge in [-0.25, -0.2) is 28.1 Å². The number of aromatic nitrogens is 3. The van der Waals surface area contributed by atoms with Crippen molar-refractivity contribution in [1.29, 1.82) is 0 Å². The Bertz CT molecular complexity index is 723. The average Bonchev–Trinajstić information content (AvgIpc) is 2.32. The molecule has 0 aliphatic heterocycles. The third-order valence-corrected chi connectivity index (χ3v) is 4.12. The Kier molecular flexibility index (Phi) is 4.10. The predicted molar refractivity (Wildman–Crippen MR) is 72.1 cm³/mol. The highest BCUT2D eigenvalue weighted by Gasteiger charge is 2.17. The molecule has 2 aromatic heterocycles. The molecule has 100 valence electrons. The zero-order chi connectivity index (χ0) is 14.0. The number of rotatable bonds is 3. The molecule has 0 spiro atoms. The van der Waals surface area contributed by atoms with Crippen LogP contribution in [0.2, 0.25) is 15.3 Å². The van der Waals surface area contributed by atoms with Crippen LogP contribution < -0.4 is 4.72 Å². The van der Waals surface area contributed by atoms with E-state index < -0.39 is 10.0 Å². The summed E-state index contributed by atoms with van der Waals surface area (Å²) in [5.41, 5.74) is 0. The topological polar surface area (TPSA) is 84.8 Å². The zero-order valence-corrected chi connectivity index (χ0v) is 12.1. The summed E-state index contributed by atoms with van der Waals surface area (Å²) in [6.45, 7) is 0. The van der Waals surface area contributed by atoms with Crippen LogP contribution in [0.15, 0.2) is 29.4 Å². The van der Waals surface area contributed by atoms with Gasteiger partial charge in [0.1, 0.15) is 15.2 Å². The molecule has 19 heavy (non-hydrogen) atoms. The van der Waals surface area contributed by atoms with Gasteiger partial charge in [0.15, 0.2) is 0 Å². The molecule has 0 amide bonds. The molecule has 0 unspecified atom stereocenters. The fraction of sp³-hybridized carbons (Fsp3) is 0. The van der Waals surface area contributed by atoms with E-state index in [1.165, 1.54) is 18.3 Å². The largest absolute Gasteiger partial charge is 0.265 e. The minimum Gasteiger partial charge on any atom is -0.247 e. The Labute approximate surface area is 123 Å². The van der Waals surface area contributed by atoms with Crippen LogP contribution in [0.5, 0.6) is 0 Å². The van der Waals surface area contributed by atoms with E-state index in [4.69, 9.17) is 34.8 Å². The molecule has 0 radical (unpaired) electrons. The molecule has 0 aliphatic carbocycles. The fourth-order valence-corrected chi connectivity index (χ4v) is 2.51. The van der Waals surface area contributed by atoms with E-state index in [9.17, 15) is 8.42 Å². The summed E-state index contributed by atoms with van der Waals surface area (Å²) in [6.07, 6.45) is 2.39. The second kappa shape index (κ2) is 5.46. The van der Waals surface area contributed by atoms with E-state index in [1.54, 1.807) is 0 Å². The highest BCUT2D eigenvalue weighted by Crippen LogP contribution is 2.23. The van der Waals surface area contributed by atoms with Crippen molar-refractivity contribution in [2.45, 2.75) is 4.90 Å². The van der Waals surface area contributed by atoms with Crippen molar-refractivity contribution in [2.75, 3.05) is 4.72 Å². The molecule has 0 aliphatic rings. The Morgan fingerprint density at radius 3 is 2.53 bits per heavy atom. The van der Waals surface area contributed by atoms with E-state index in [0.717, 1.165) is 6.20 Å². The van der Waals surface area contributed by atoms with Gasteiger partial charge in [0.05, 0.1) is 5.02 Å². The number of sulfonamides is 1. The van der Waals surface area contributed by atoms with Crippen molar-refractivity contribution in [1.82, 2.24) is 15.0 Å². The van der Waals surface area contributed by atoms with Crippen molar-refractivity contribution in [3.05, 3.63) is 39.9 Å². The molecule has 0 aromatic carbocycles. The summed E-state index contributed by atoms with van der Waals surface area (Å²) in [5.74, 6) is -0.154. The van der Waals surface area contributed by atoms with Gasteiger partial charge in [0, 0.05) is 12.4 Å². The van der Waals surface area contributed by atoms with Gasteiger partial charge in [-0.2, -0.15) is 0 Å². The Morgan fingerprint density at radius 2 is 1.89 bits per heavy atom. The molecule has 2 heterocycles. The number of halogens is 3. The van der Waals surface area contributed by atoms with Gasteiger partial charge in [-0.05, 0) is 12.1 Å². The summed E-state index contributed by atoms with van der Waals surface area (Å²) in [6, 6.07) is 2.59. The van der Waals surface area contributed by atoms with Crippen molar-refractivity contribution in [2.24, 2.45) is 0 Å². The maximum Gasteiger partial charge on any atom is 0.265 e. The van der Waals surface area contributed by atoms with Crippen molar-refractivity contribution in [3.8, 4) is 0 Å². The van der Waals surface area contributed by atoms with E-state index >= 15 is 0 Å². The monoisotopic (exact) mass is 338 g/mol. The van der Waals surface area contributed by atoms with Crippen LogP contribution in [-0.4, -0.2) is 23.4 Å². The van der Waals surface area contributed by atoms with Gasteiger partial charge < -0.3 is 0 Å². The Morgan fingerprint density at radius 1 is 1.16 bits per heavy atom. The number of pyridine rings is 1. The summed E-state index contributed by atoms with van der Waals surface area (Å²) in [4.78, 5) is 10.9. The second-order valence-electron chi connectivity index (χ2n) is 3.25. The van der Waals surface area contributed by atoms with Crippen LogP contribution in [0.1, 0.15) is 0 Å². The molecule has 2 aromatic rings. The van der Waals surface area contributed by atoms with Crippen LogP contribution in [0.25, 0.3) is 0 Å². The quantitative estimate of drug-likeness (QED) is 0.686. The molecule has 6 nitrogen and oxygen atoms in total. The summed E-state index contributed by atoms with van der Waals surface area (Å²) in [7, 11) is -3.91. The molecular formula is C9H5Cl3N4O2S. The first-order chi connectivity index (χ1) is 8.88. The molecule has 1 N–H and O–H groups in total. The molecule has 0 bridgehead atoms. The number of hydrogen-bond donors (Lipinski definition) is 1. The van der Waals surface area contributed by atoms with Gasteiger partial charge >= 0.3 is 0 Å². The van der Waals surface area contributed by atoms with Gasteiger partial charge in [-0.1, -0.05) is 34.8 Å². The lowest BCUT2D eigenvalue weighted by molar-refractivity contribution is 0.600. The van der Waals surface area contributed by atoms with Crippen LogP contribution >= 0.6 is 34.8 Å². The van der Waals surface area contributed by atoms with Crippen molar-refractivity contribution >= 4 is 50.8 Å². The normalized spacial score (nSPS) is 11.3. The third kappa shape index (κ3) is 3.44. The zero-order valence-electron chi connectivity index (χ0n) is 9.01. The molecule has 10 heteroatoms. The van der Waals surface area contributed by atoms with Crippen LogP contribution in [0.3, 0.4) is 0 Å². The molecule has 0 saturated carbocycles. The van der Waals surface area contributed by atoms with Crippen LogP contribution in [0, 0.1) is 0 Å². The van der Waals surface area contributed by atoms with Gasteiger partial charge in [-0.3, -0.25) is 0 Å². The Hall–Kier alpha value is -1.15. The number of nitrogens with one attached hydrogen (secondary N) is 1. The SMILES string of the molecule is O=S(=O)(Nc1nccc(Cl)n1)c1cnc(Cl)c(Cl)c1. The molecule has 0 fully saturated rings. The smallest absolute Gasteiger partial charge is 0.247 e. The van der Waals surface area contributed by atoms with Crippen LogP contribution in [0.4, 0.5) is 5.95 Å². The van der Waals surface area contributed by atoms with Crippen molar-refractivity contribution in [3.63, 3.8) is 0 Å². The average molecular weight is 340 g/mol. The maximum atomic E-state index is 12.0. The van der Waals surface area contributed by atoms with E-state index in [-0.39, 0.29) is 26.2 Å². The lowest BCUT2D eigenvalue weighted by Crippen LogP contribution is -2.15.